The summed E-state index contributed by atoms with van der Waals surface area (Å²) in [5.41, 5.74) is -0.391. The van der Waals surface area contributed by atoms with Gasteiger partial charge in [0, 0.05) is 25.7 Å². The highest BCUT2D eigenvalue weighted by atomic mass is 16.5. The second-order valence-electron chi connectivity index (χ2n) is 6.01. The van der Waals surface area contributed by atoms with Crippen LogP contribution in [0.2, 0.25) is 0 Å². The molecule has 0 aromatic heterocycles. The molecule has 2 heterocycles. The predicted molar refractivity (Wildman–Crippen MR) is 64.5 cm³/mol. The van der Waals surface area contributed by atoms with Crippen molar-refractivity contribution in [3.8, 4) is 6.07 Å². The van der Waals surface area contributed by atoms with Gasteiger partial charge in [0.1, 0.15) is 5.54 Å². The van der Waals surface area contributed by atoms with Gasteiger partial charge in [0.25, 0.3) is 0 Å². The number of likely N-dealkylation sites (tertiary alicyclic amines) is 1. The van der Waals surface area contributed by atoms with Crippen LogP contribution >= 0.6 is 0 Å². The van der Waals surface area contributed by atoms with Gasteiger partial charge in [-0.3, -0.25) is 10.2 Å². The highest BCUT2D eigenvalue weighted by Gasteiger charge is 2.39. The van der Waals surface area contributed by atoms with Crippen LogP contribution in [0, 0.1) is 11.3 Å². The van der Waals surface area contributed by atoms with E-state index in [1.807, 2.05) is 6.92 Å². The van der Waals surface area contributed by atoms with Crippen LogP contribution in [0.5, 0.6) is 0 Å². The van der Waals surface area contributed by atoms with Crippen molar-refractivity contribution in [2.45, 2.75) is 56.4 Å². The molecular formula is C13H21N3O. The minimum absolute atomic E-state index is 0.391. The van der Waals surface area contributed by atoms with Gasteiger partial charge in [-0.1, -0.05) is 0 Å². The number of nitrogens with zero attached hydrogens (tertiary/aromatic N) is 2. The lowest BCUT2D eigenvalue weighted by Crippen LogP contribution is -2.55. The van der Waals surface area contributed by atoms with E-state index < -0.39 is 5.54 Å². The Labute approximate surface area is 103 Å². The zero-order chi connectivity index (χ0) is 11.9. The third-order valence-electron chi connectivity index (χ3n) is 4.01. The molecule has 0 aromatic carbocycles. The third-order valence-corrected chi connectivity index (χ3v) is 4.01. The molecule has 3 fully saturated rings. The van der Waals surface area contributed by atoms with Crippen molar-refractivity contribution in [1.82, 2.24) is 10.2 Å². The summed E-state index contributed by atoms with van der Waals surface area (Å²) in [7, 11) is 0. The summed E-state index contributed by atoms with van der Waals surface area (Å²) in [6.07, 6.45) is 5.67. The first-order chi connectivity index (χ1) is 8.17. The van der Waals surface area contributed by atoms with Gasteiger partial charge in [-0.25, -0.2) is 0 Å². The largest absolute Gasteiger partial charge is 0.372 e. The normalized spacial score (nSPS) is 36.5. The number of hydrogen-bond donors (Lipinski definition) is 1. The lowest BCUT2D eigenvalue weighted by Gasteiger charge is -2.36. The summed E-state index contributed by atoms with van der Waals surface area (Å²) in [6, 6.07) is 3.03. The Morgan fingerprint density at radius 1 is 1.29 bits per heavy atom. The van der Waals surface area contributed by atoms with Crippen molar-refractivity contribution in [2.24, 2.45) is 0 Å². The number of fused-ring (bicyclic) bond motifs is 2. The maximum atomic E-state index is 9.37. The van der Waals surface area contributed by atoms with Crippen LogP contribution < -0.4 is 5.32 Å². The summed E-state index contributed by atoms with van der Waals surface area (Å²) >= 11 is 0. The highest BCUT2D eigenvalue weighted by Crippen LogP contribution is 2.28. The number of nitrogens with one attached hydrogen (secondary N) is 1. The average molecular weight is 235 g/mol. The Bertz CT molecular complexity index is 324. The molecule has 1 saturated carbocycles. The first-order valence-corrected chi connectivity index (χ1v) is 6.74. The second kappa shape index (κ2) is 4.24. The van der Waals surface area contributed by atoms with E-state index in [4.69, 9.17) is 4.74 Å². The molecule has 0 amide bonds. The molecule has 3 aliphatic rings. The summed E-state index contributed by atoms with van der Waals surface area (Å²) < 4.78 is 5.82. The van der Waals surface area contributed by atoms with Crippen molar-refractivity contribution in [1.29, 1.82) is 5.26 Å². The Morgan fingerprint density at radius 3 is 2.47 bits per heavy atom. The molecule has 1 aliphatic carbocycles. The van der Waals surface area contributed by atoms with Crippen molar-refractivity contribution in [3.05, 3.63) is 0 Å². The monoisotopic (exact) mass is 235 g/mol. The maximum Gasteiger partial charge on any atom is 0.116 e. The Balaban J connectivity index is 1.59. The SMILES string of the molecule is CC(C#N)(CN1CC2CCC(C1)O2)NC1CC1. The molecule has 94 valence electrons. The summed E-state index contributed by atoms with van der Waals surface area (Å²) in [5, 5.41) is 12.8. The van der Waals surface area contributed by atoms with Crippen LogP contribution in [-0.2, 0) is 4.74 Å². The molecule has 3 rings (SSSR count). The Kier molecular flexibility index (Phi) is 2.86. The number of morpholine rings is 1. The van der Waals surface area contributed by atoms with E-state index in [2.05, 4.69) is 16.3 Å². The molecule has 2 bridgehead atoms. The second-order valence-corrected chi connectivity index (χ2v) is 6.01. The molecule has 0 aromatic rings. The van der Waals surface area contributed by atoms with Crippen molar-refractivity contribution >= 4 is 0 Å². The van der Waals surface area contributed by atoms with Crippen LogP contribution in [0.1, 0.15) is 32.6 Å². The molecule has 0 spiro atoms. The van der Waals surface area contributed by atoms with E-state index in [1.165, 1.54) is 25.7 Å². The molecule has 2 saturated heterocycles. The fraction of sp³-hybridized carbons (Fsp3) is 0.923. The quantitative estimate of drug-likeness (QED) is 0.786. The highest BCUT2D eigenvalue weighted by molar-refractivity contribution is 5.09. The summed E-state index contributed by atoms with van der Waals surface area (Å²) in [6.45, 7) is 4.86. The van der Waals surface area contributed by atoms with Crippen LogP contribution in [0.4, 0.5) is 0 Å². The fourth-order valence-corrected chi connectivity index (χ4v) is 3.07. The van der Waals surface area contributed by atoms with Crippen molar-refractivity contribution in [3.63, 3.8) is 0 Å². The zero-order valence-corrected chi connectivity index (χ0v) is 10.5. The molecule has 3 unspecified atom stereocenters. The molecule has 4 heteroatoms. The maximum absolute atomic E-state index is 9.37. The summed E-state index contributed by atoms with van der Waals surface area (Å²) in [5.74, 6) is 0. The van der Waals surface area contributed by atoms with E-state index in [-0.39, 0.29) is 0 Å². The number of rotatable bonds is 4. The lowest BCUT2D eigenvalue weighted by molar-refractivity contribution is -0.0427. The van der Waals surface area contributed by atoms with Gasteiger partial charge in [-0.15, -0.1) is 0 Å². The smallest absolute Gasteiger partial charge is 0.116 e. The van der Waals surface area contributed by atoms with Gasteiger partial charge in [-0.05, 0) is 32.6 Å². The van der Waals surface area contributed by atoms with Gasteiger partial charge < -0.3 is 4.74 Å². The molecule has 1 N–H and O–H groups in total. The molecular weight excluding hydrogens is 214 g/mol. The molecule has 3 atom stereocenters. The minimum Gasteiger partial charge on any atom is -0.372 e. The topological polar surface area (TPSA) is 48.3 Å². The van der Waals surface area contributed by atoms with Crippen molar-refractivity contribution in [2.75, 3.05) is 19.6 Å². The lowest BCUT2D eigenvalue weighted by atomic mass is 10.0. The van der Waals surface area contributed by atoms with Gasteiger partial charge in [-0.2, -0.15) is 5.26 Å². The van der Waals surface area contributed by atoms with Gasteiger partial charge >= 0.3 is 0 Å². The molecule has 2 aliphatic heterocycles. The van der Waals surface area contributed by atoms with Gasteiger partial charge in [0.05, 0.1) is 18.3 Å². The van der Waals surface area contributed by atoms with Gasteiger partial charge in [0.2, 0.25) is 0 Å². The summed E-state index contributed by atoms with van der Waals surface area (Å²) in [4.78, 5) is 2.41. The van der Waals surface area contributed by atoms with Crippen LogP contribution in [-0.4, -0.2) is 48.3 Å². The minimum atomic E-state index is -0.391. The average Bonchev–Trinajstić information content (AvgIpc) is 3.03. The van der Waals surface area contributed by atoms with Crippen LogP contribution in [0.3, 0.4) is 0 Å². The van der Waals surface area contributed by atoms with Gasteiger partial charge in [0.15, 0.2) is 0 Å². The number of hydrogen-bond acceptors (Lipinski definition) is 4. The first kappa shape index (κ1) is 11.5. The fourth-order valence-electron chi connectivity index (χ4n) is 3.07. The van der Waals surface area contributed by atoms with E-state index in [0.29, 0.717) is 18.2 Å². The van der Waals surface area contributed by atoms with E-state index in [1.54, 1.807) is 0 Å². The zero-order valence-electron chi connectivity index (χ0n) is 10.5. The Morgan fingerprint density at radius 2 is 1.94 bits per heavy atom. The predicted octanol–water partition coefficient (Wildman–Crippen LogP) is 0.884. The van der Waals surface area contributed by atoms with E-state index >= 15 is 0 Å². The molecule has 0 radical (unpaired) electrons. The van der Waals surface area contributed by atoms with Crippen molar-refractivity contribution < 1.29 is 4.74 Å². The first-order valence-electron chi connectivity index (χ1n) is 6.74. The number of nitriles is 1. The molecule has 4 nitrogen and oxygen atoms in total. The third kappa shape index (κ3) is 2.62. The van der Waals surface area contributed by atoms with E-state index in [9.17, 15) is 5.26 Å². The standard InChI is InChI=1S/C13H21N3O/c1-13(8-14,15-10-2-3-10)9-16-6-11-4-5-12(7-16)17-11/h10-12,15H,2-7,9H2,1H3. The molecule has 17 heavy (non-hydrogen) atoms. The van der Waals surface area contributed by atoms with E-state index in [0.717, 1.165) is 19.6 Å². The Hall–Kier alpha value is -0.630. The number of ether oxygens (including phenoxy) is 1. The van der Waals surface area contributed by atoms with Crippen LogP contribution in [0.25, 0.3) is 0 Å². The van der Waals surface area contributed by atoms with Crippen LogP contribution in [0.15, 0.2) is 0 Å².